The van der Waals surface area contributed by atoms with Crippen LogP contribution in [0.5, 0.6) is 0 Å². The molecular formula is C21H19FN2O3S. The summed E-state index contributed by atoms with van der Waals surface area (Å²) in [6, 6.07) is 18.6. The van der Waals surface area contributed by atoms with E-state index in [0.29, 0.717) is 11.3 Å². The minimum absolute atomic E-state index is 0.0162. The van der Waals surface area contributed by atoms with Crippen LogP contribution >= 0.6 is 0 Å². The number of aryl methyl sites for hydroxylation is 1. The van der Waals surface area contributed by atoms with Crippen LogP contribution in [-0.4, -0.2) is 14.3 Å². The van der Waals surface area contributed by atoms with E-state index in [1.165, 1.54) is 42.5 Å². The molecule has 28 heavy (non-hydrogen) atoms. The second-order valence-corrected chi connectivity index (χ2v) is 8.07. The first kappa shape index (κ1) is 19.7. The Morgan fingerprint density at radius 3 is 2.39 bits per heavy atom. The monoisotopic (exact) mass is 398 g/mol. The standard InChI is InChI=1S/C21H19FN2O3S/c1-15-4-2-6-19(12-15)24-21(25)17-5-3-7-20(13-17)28(26,27)23-14-16-8-10-18(22)11-9-16/h2-13,23H,14H2,1H3,(H,24,25). The van der Waals surface area contributed by atoms with Gasteiger partial charge in [-0.25, -0.2) is 17.5 Å². The number of carbonyl (C=O) groups is 1. The predicted molar refractivity (Wildman–Crippen MR) is 106 cm³/mol. The van der Waals surface area contributed by atoms with Gasteiger partial charge in [0.05, 0.1) is 4.90 Å². The minimum Gasteiger partial charge on any atom is -0.322 e. The van der Waals surface area contributed by atoms with Crippen molar-refractivity contribution in [1.82, 2.24) is 4.72 Å². The van der Waals surface area contributed by atoms with E-state index in [1.807, 2.05) is 25.1 Å². The van der Waals surface area contributed by atoms with Gasteiger partial charge in [0.15, 0.2) is 0 Å². The molecule has 5 nitrogen and oxygen atoms in total. The Balaban J connectivity index is 1.73. The van der Waals surface area contributed by atoms with E-state index in [0.717, 1.165) is 5.56 Å². The fraction of sp³-hybridized carbons (Fsp3) is 0.0952. The third-order valence-electron chi connectivity index (χ3n) is 4.06. The average molecular weight is 398 g/mol. The van der Waals surface area contributed by atoms with Gasteiger partial charge in [-0.15, -0.1) is 0 Å². The molecule has 2 N–H and O–H groups in total. The van der Waals surface area contributed by atoms with Crippen molar-refractivity contribution in [3.8, 4) is 0 Å². The summed E-state index contributed by atoms with van der Waals surface area (Å²) in [7, 11) is -3.83. The molecule has 3 aromatic rings. The van der Waals surface area contributed by atoms with E-state index >= 15 is 0 Å². The van der Waals surface area contributed by atoms with Crippen LogP contribution < -0.4 is 10.0 Å². The molecule has 0 atom stereocenters. The highest BCUT2D eigenvalue weighted by Crippen LogP contribution is 2.15. The van der Waals surface area contributed by atoms with E-state index in [-0.39, 0.29) is 22.8 Å². The summed E-state index contributed by atoms with van der Waals surface area (Å²) in [6.07, 6.45) is 0. The van der Waals surface area contributed by atoms with Gasteiger partial charge >= 0.3 is 0 Å². The topological polar surface area (TPSA) is 75.3 Å². The molecule has 0 heterocycles. The highest BCUT2D eigenvalue weighted by molar-refractivity contribution is 7.89. The van der Waals surface area contributed by atoms with Crippen molar-refractivity contribution in [3.05, 3.63) is 95.3 Å². The van der Waals surface area contributed by atoms with Gasteiger partial charge in [0, 0.05) is 17.8 Å². The lowest BCUT2D eigenvalue weighted by Crippen LogP contribution is -2.23. The van der Waals surface area contributed by atoms with E-state index < -0.39 is 15.9 Å². The van der Waals surface area contributed by atoms with E-state index in [1.54, 1.807) is 12.1 Å². The van der Waals surface area contributed by atoms with Crippen LogP contribution in [0.15, 0.2) is 77.7 Å². The summed E-state index contributed by atoms with van der Waals surface area (Å²) in [6.45, 7) is 1.93. The van der Waals surface area contributed by atoms with Crippen molar-refractivity contribution in [1.29, 1.82) is 0 Å². The van der Waals surface area contributed by atoms with Crippen molar-refractivity contribution in [2.45, 2.75) is 18.4 Å². The molecule has 0 bridgehead atoms. The Morgan fingerprint density at radius 1 is 0.964 bits per heavy atom. The SMILES string of the molecule is Cc1cccc(NC(=O)c2cccc(S(=O)(=O)NCc3ccc(F)cc3)c2)c1. The van der Waals surface area contributed by atoms with Gasteiger partial charge in [0.25, 0.3) is 5.91 Å². The third kappa shape index (κ3) is 5.03. The van der Waals surface area contributed by atoms with Crippen molar-refractivity contribution >= 4 is 21.6 Å². The van der Waals surface area contributed by atoms with Gasteiger partial charge in [-0.1, -0.05) is 30.3 Å². The number of anilines is 1. The average Bonchev–Trinajstić information content (AvgIpc) is 2.68. The number of hydrogen-bond acceptors (Lipinski definition) is 3. The summed E-state index contributed by atoms with van der Waals surface area (Å²) in [5.74, 6) is -0.792. The molecule has 0 aliphatic heterocycles. The zero-order chi connectivity index (χ0) is 20.1. The van der Waals surface area contributed by atoms with Gasteiger partial charge in [-0.3, -0.25) is 4.79 Å². The van der Waals surface area contributed by atoms with Crippen molar-refractivity contribution in [2.75, 3.05) is 5.32 Å². The fourth-order valence-corrected chi connectivity index (χ4v) is 3.66. The van der Waals surface area contributed by atoms with Gasteiger partial charge in [-0.05, 0) is 60.5 Å². The van der Waals surface area contributed by atoms with Crippen LogP contribution in [0.4, 0.5) is 10.1 Å². The molecule has 1 amide bonds. The van der Waals surface area contributed by atoms with Crippen LogP contribution in [0.3, 0.4) is 0 Å². The molecule has 0 fully saturated rings. The van der Waals surface area contributed by atoms with E-state index in [2.05, 4.69) is 10.0 Å². The molecule has 0 unspecified atom stereocenters. The zero-order valence-electron chi connectivity index (χ0n) is 15.1. The number of carbonyl (C=O) groups excluding carboxylic acids is 1. The fourth-order valence-electron chi connectivity index (χ4n) is 2.59. The van der Waals surface area contributed by atoms with Crippen molar-refractivity contribution in [2.24, 2.45) is 0 Å². The molecule has 0 aliphatic carbocycles. The first-order valence-electron chi connectivity index (χ1n) is 8.56. The smallest absolute Gasteiger partial charge is 0.255 e. The third-order valence-corrected chi connectivity index (χ3v) is 5.46. The van der Waals surface area contributed by atoms with Gasteiger partial charge in [0.1, 0.15) is 5.82 Å². The summed E-state index contributed by atoms with van der Waals surface area (Å²) in [4.78, 5) is 12.4. The highest BCUT2D eigenvalue weighted by atomic mass is 32.2. The molecule has 3 aromatic carbocycles. The largest absolute Gasteiger partial charge is 0.322 e. The van der Waals surface area contributed by atoms with Crippen LogP contribution in [0, 0.1) is 12.7 Å². The Morgan fingerprint density at radius 2 is 1.68 bits per heavy atom. The number of benzene rings is 3. The lowest BCUT2D eigenvalue weighted by atomic mass is 10.2. The number of rotatable bonds is 6. The second kappa shape index (κ2) is 8.33. The Labute approximate surface area is 163 Å². The number of sulfonamides is 1. The van der Waals surface area contributed by atoms with E-state index in [9.17, 15) is 17.6 Å². The molecule has 0 radical (unpaired) electrons. The molecule has 0 aromatic heterocycles. The van der Waals surface area contributed by atoms with Crippen LogP contribution in [0.1, 0.15) is 21.5 Å². The summed E-state index contributed by atoms with van der Waals surface area (Å²) < 4.78 is 40.5. The second-order valence-electron chi connectivity index (χ2n) is 6.30. The number of amides is 1. The first-order valence-corrected chi connectivity index (χ1v) is 10.0. The Bertz CT molecular complexity index is 1100. The molecule has 0 saturated carbocycles. The van der Waals surface area contributed by atoms with Gasteiger partial charge in [0.2, 0.25) is 10.0 Å². The zero-order valence-corrected chi connectivity index (χ0v) is 16.0. The maximum absolute atomic E-state index is 12.9. The molecule has 3 rings (SSSR count). The maximum Gasteiger partial charge on any atom is 0.255 e. The Kier molecular flexibility index (Phi) is 5.87. The van der Waals surface area contributed by atoms with Crippen LogP contribution in [0.25, 0.3) is 0 Å². The molecular weight excluding hydrogens is 379 g/mol. The number of halogens is 1. The highest BCUT2D eigenvalue weighted by Gasteiger charge is 2.16. The molecule has 0 saturated heterocycles. The lowest BCUT2D eigenvalue weighted by molar-refractivity contribution is 0.102. The normalized spacial score (nSPS) is 11.2. The molecule has 144 valence electrons. The summed E-state index contributed by atoms with van der Waals surface area (Å²) in [5, 5.41) is 2.75. The maximum atomic E-state index is 12.9. The molecule has 0 spiro atoms. The van der Waals surface area contributed by atoms with E-state index in [4.69, 9.17) is 0 Å². The molecule has 7 heteroatoms. The minimum atomic E-state index is -3.83. The molecule has 0 aliphatic rings. The summed E-state index contributed by atoms with van der Waals surface area (Å²) >= 11 is 0. The quantitative estimate of drug-likeness (QED) is 0.662. The van der Waals surface area contributed by atoms with Crippen LogP contribution in [-0.2, 0) is 16.6 Å². The van der Waals surface area contributed by atoms with Gasteiger partial charge < -0.3 is 5.32 Å². The van der Waals surface area contributed by atoms with Gasteiger partial charge in [-0.2, -0.15) is 0 Å². The Hall–Kier alpha value is -3.03. The lowest BCUT2D eigenvalue weighted by Gasteiger charge is -2.10. The first-order chi connectivity index (χ1) is 13.3. The van der Waals surface area contributed by atoms with Crippen LogP contribution in [0.2, 0.25) is 0 Å². The summed E-state index contributed by atoms with van der Waals surface area (Å²) in [5.41, 5.74) is 2.48. The number of hydrogen-bond donors (Lipinski definition) is 2. The van der Waals surface area contributed by atoms with Crippen molar-refractivity contribution in [3.63, 3.8) is 0 Å². The predicted octanol–water partition coefficient (Wildman–Crippen LogP) is 3.86. The van der Waals surface area contributed by atoms with Crippen molar-refractivity contribution < 1.29 is 17.6 Å². The number of nitrogens with one attached hydrogen (secondary N) is 2.